The quantitative estimate of drug-likeness (QED) is 0.781. The molecule has 2 aromatic rings. The Morgan fingerprint density at radius 2 is 1.94 bits per heavy atom. The number of rotatable bonds is 3. The molecule has 1 saturated heterocycles. The minimum atomic E-state index is -0.991. The van der Waals surface area contributed by atoms with E-state index in [4.69, 9.17) is 0 Å². The number of carbonyl (C=O) groups is 2. The van der Waals surface area contributed by atoms with Crippen LogP contribution in [0, 0.1) is 24.5 Å². The van der Waals surface area contributed by atoms with Crippen molar-refractivity contribution in [1.29, 1.82) is 0 Å². The zero-order valence-corrected chi connectivity index (χ0v) is 17.2. The summed E-state index contributed by atoms with van der Waals surface area (Å²) in [4.78, 5) is 39.7. The molecule has 2 N–H and O–H groups in total. The number of aromatic nitrogens is 1. The van der Waals surface area contributed by atoms with Gasteiger partial charge < -0.3 is 19.9 Å². The monoisotopic (exact) mass is 431 g/mol. The first kappa shape index (κ1) is 21.0. The molecule has 2 aliphatic rings. The van der Waals surface area contributed by atoms with Crippen molar-refractivity contribution < 1.29 is 23.5 Å². The minimum absolute atomic E-state index is 0.123. The molecule has 2 bridgehead atoms. The first-order chi connectivity index (χ1) is 14.7. The lowest BCUT2D eigenvalue weighted by Crippen LogP contribution is -2.45. The van der Waals surface area contributed by atoms with Crippen molar-refractivity contribution in [3.8, 4) is 5.75 Å². The van der Waals surface area contributed by atoms with Crippen LogP contribution in [0.4, 0.5) is 8.78 Å². The van der Waals surface area contributed by atoms with Crippen LogP contribution >= 0.6 is 0 Å². The molecule has 0 saturated carbocycles. The molecular weight excluding hydrogens is 408 g/mol. The smallest absolute Gasteiger partial charge is 0.274 e. The molecule has 0 radical (unpaired) electrons. The topological polar surface area (TPSA) is 91.6 Å². The van der Waals surface area contributed by atoms with Gasteiger partial charge in [-0.15, -0.1) is 0 Å². The van der Waals surface area contributed by atoms with Crippen molar-refractivity contribution >= 4 is 11.8 Å². The number of amides is 2. The third-order valence-corrected chi connectivity index (χ3v) is 6.16. The Balaban J connectivity index is 1.69. The highest BCUT2D eigenvalue weighted by atomic mass is 19.1. The van der Waals surface area contributed by atoms with Gasteiger partial charge in [0, 0.05) is 31.4 Å². The molecule has 2 atom stereocenters. The van der Waals surface area contributed by atoms with Crippen molar-refractivity contribution in [2.24, 2.45) is 5.92 Å². The van der Waals surface area contributed by atoms with Crippen LogP contribution in [0.25, 0.3) is 0 Å². The summed E-state index contributed by atoms with van der Waals surface area (Å²) in [5, 5.41) is 12.8. The van der Waals surface area contributed by atoms with Gasteiger partial charge in [0.1, 0.15) is 17.2 Å². The second kappa shape index (κ2) is 7.79. The second-order valence-corrected chi connectivity index (χ2v) is 8.30. The number of carbonyl (C=O) groups excluding carboxylic acids is 2. The predicted molar refractivity (Wildman–Crippen MR) is 108 cm³/mol. The summed E-state index contributed by atoms with van der Waals surface area (Å²) in [7, 11) is 0. The Hall–Kier alpha value is -3.23. The maximum absolute atomic E-state index is 14.1. The van der Waals surface area contributed by atoms with Crippen LogP contribution in [0.5, 0.6) is 5.75 Å². The lowest BCUT2D eigenvalue weighted by molar-refractivity contribution is 0.0662. The number of nitrogens with one attached hydrogen (secondary N) is 1. The highest BCUT2D eigenvalue weighted by Gasteiger charge is 2.38. The van der Waals surface area contributed by atoms with Gasteiger partial charge in [0.25, 0.3) is 11.8 Å². The number of hydrogen-bond acceptors (Lipinski definition) is 4. The summed E-state index contributed by atoms with van der Waals surface area (Å²) >= 11 is 0. The van der Waals surface area contributed by atoms with E-state index in [2.05, 4.69) is 5.32 Å². The number of pyridine rings is 1. The number of aryl methyl sites for hydroxylation is 1. The van der Waals surface area contributed by atoms with Crippen molar-refractivity contribution in [3.05, 3.63) is 62.6 Å². The van der Waals surface area contributed by atoms with Crippen LogP contribution in [0.2, 0.25) is 0 Å². The van der Waals surface area contributed by atoms with Gasteiger partial charge >= 0.3 is 0 Å². The van der Waals surface area contributed by atoms with Crippen LogP contribution in [0.15, 0.2) is 23.1 Å². The van der Waals surface area contributed by atoms with Gasteiger partial charge in [-0.05, 0) is 43.4 Å². The number of halogens is 2. The summed E-state index contributed by atoms with van der Waals surface area (Å²) < 4.78 is 29.6. The number of aromatic hydroxyl groups is 1. The van der Waals surface area contributed by atoms with E-state index in [1.54, 1.807) is 11.8 Å². The Morgan fingerprint density at radius 1 is 1.26 bits per heavy atom. The summed E-state index contributed by atoms with van der Waals surface area (Å²) in [5.74, 6) is -3.57. The molecule has 164 valence electrons. The van der Waals surface area contributed by atoms with Crippen molar-refractivity contribution in [2.45, 2.75) is 39.3 Å². The molecule has 4 rings (SSSR count). The van der Waals surface area contributed by atoms with E-state index in [0.717, 1.165) is 25.0 Å². The fourth-order valence-corrected chi connectivity index (χ4v) is 4.41. The molecule has 2 aliphatic heterocycles. The predicted octanol–water partition coefficient (Wildman–Crippen LogP) is 2.50. The van der Waals surface area contributed by atoms with Gasteiger partial charge in [0.05, 0.1) is 6.04 Å². The van der Waals surface area contributed by atoms with Gasteiger partial charge in [-0.2, -0.15) is 0 Å². The van der Waals surface area contributed by atoms with Crippen LogP contribution in [0.3, 0.4) is 0 Å². The fraction of sp³-hybridized carbons (Fsp3) is 0.409. The molecule has 1 unspecified atom stereocenters. The third-order valence-electron chi connectivity index (χ3n) is 6.16. The van der Waals surface area contributed by atoms with Gasteiger partial charge in [-0.3, -0.25) is 14.4 Å². The molecule has 31 heavy (non-hydrogen) atoms. The maximum atomic E-state index is 14.1. The van der Waals surface area contributed by atoms with E-state index in [1.807, 2.05) is 6.92 Å². The van der Waals surface area contributed by atoms with Gasteiger partial charge in [0.15, 0.2) is 11.4 Å². The Morgan fingerprint density at radius 3 is 2.61 bits per heavy atom. The van der Waals surface area contributed by atoms with Crippen molar-refractivity contribution in [1.82, 2.24) is 14.8 Å². The molecule has 3 heterocycles. The normalized spacial score (nSPS) is 20.3. The number of nitrogens with zero attached hydrogens (tertiary/aromatic N) is 2. The van der Waals surface area contributed by atoms with E-state index in [-0.39, 0.29) is 28.8 Å². The zero-order valence-electron chi connectivity index (χ0n) is 17.2. The Kier molecular flexibility index (Phi) is 5.28. The molecule has 0 spiro atoms. The van der Waals surface area contributed by atoms with Crippen LogP contribution < -0.4 is 10.7 Å². The average molecular weight is 431 g/mol. The van der Waals surface area contributed by atoms with Gasteiger partial charge in [-0.1, -0.05) is 6.92 Å². The van der Waals surface area contributed by atoms with Gasteiger partial charge in [-0.25, -0.2) is 8.78 Å². The third kappa shape index (κ3) is 3.58. The molecule has 1 aromatic carbocycles. The Labute approximate surface area is 177 Å². The van der Waals surface area contributed by atoms with E-state index >= 15 is 0 Å². The lowest BCUT2D eigenvalue weighted by atomic mass is 9.95. The standard InChI is InChI=1S/C22H23F2N3O4/c1-11-6-15(23)13(16(24)7-11)8-25-21(30)14-9-27-17-10-26(5-3-4-12(17)2)22(31)18(27)20(29)19(14)28/h6-7,9,12,17,29H,3-5,8,10H2,1-2H3,(H,25,30)/t12-,17?/m0/s1. The highest BCUT2D eigenvalue weighted by molar-refractivity contribution is 5.99. The first-order valence-electron chi connectivity index (χ1n) is 10.2. The molecule has 0 aliphatic carbocycles. The van der Waals surface area contributed by atoms with E-state index in [1.165, 1.54) is 10.8 Å². The summed E-state index contributed by atoms with van der Waals surface area (Å²) in [6.45, 7) is 4.07. The van der Waals surface area contributed by atoms with E-state index in [0.29, 0.717) is 18.7 Å². The first-order valence-corrected chi connectivity index (χ1v) is 10.2. The zero-order chi connectivity index (χ0) is 22.4. The molecule has 1 fully saturated rings. The van der Waals surface area contributed by atoms with E-state index < -0.39 is 41.2 Å². The van der Waals surface area contributed by atoms with Crippen molar-refractivity contribution in [3.63, 3.8) is 0 Å². The molecule has 2 amide bonds. The Bertz CT molecular complexity index is 1120. The molecule has 7 nitrogen and oxygen atoms in total. The number of hydrogen-bond donors (Lipinski definition) is 2. The summed E-state index contributed by atoms with van der Waals surface area (Å²) in [5.41, 5.74) is -1.42. The SMILES string of the molecule is Cc1cc(F)c(CNC(=O)c2cn3c(c(O)c2=O)C(=O)N2CCC[C@H](C)C3C2)c(F)c1. The molecule has 1 aromatic heterocycles. The highest BCUT2D eigenvalue weighted by Crippen LogP contribution is 2.35. The molecular formula is C22H23F2N3O4. The molecule has 9 heteroatoms. The van der Waals surface area contributed by atoms with Crippen LogP contribution in [0.1, 0.15) is 57.8 Å². The largest absolute Gasteiger partial charge is 0.503 e. The fourth-order valence-electron chi connectivity index (χ4n) is 4.41. The van der Waals surface area contributed by atoms with Gasteiger partial charge in [0.2, 0.25) is 5.43 Å². The lowest BCUT2D eigenvalue weighted by Gasteiger charge is -2.36. The van der Waals surface area contributed by atoms with Crippen LogP contribution in [-0.2, 0) is 6.54 Å². The summed E-state index contributed by atoms with van der Waals surface area (Å²) in [6.07, 6.45) is 2.94. The maximum Gasteiger partial charge on any atom is 0.274 e. The number of benzene rings is 1. The summed E-state index contributed by atoms with van der Waals surface area (Å²) in [6, 6.07) is 2.10. The van der Waals surface area contributed by atoms with Crippen LogP contribution in [-0.4, -0.2) is 39.5 Å². The number of fused-ring (bicyclic) bond motifs is 4. The minimum Gasteiger partial charge on any atom is -0.503 e. The van der Waals surface area contributed by atoms with Crippen molar-refractivity contribution in [2.75, 3.05) is 13.1 Å². The average Bonchev–Trinajstić information content (AvgIpc) is 2.87. The second-order valence-electron chi connectivity index (χ2n) is 8.30. The van der Waals surface area contributed by atoms with E-state index in [9.17, 15) is 28.3 Å².